The summed E-state index contributed by atoms with van der Waals surface area (Å²) < 4.78 is 71.0. The first-order chi connectivity index (χ1) is 15.4. The number of anilines is 1. The molecule has 0 N–H and O–H groups in total. The second-order valence-electron chi connectivity index (χ2n) is 8.03. The molecule has 176 valence electrons. The third-order valence-corrected chi connectivity index (χ3v) is 6.60. The Morgan fingerprint density at radius 3 is 2.21 bits per heavy atom. The molecular formula is C24H25F3N2O3S. The highest BCUT2D eigenvalue weighted by Crippen LogP contribution is 2.33. The normalized spacial score (nSPS) is 12.1. The molecule has 0 saturated carbocycles. The van der Waals surface area contributed by atoms with E-state index in [1.165, 1.54) is 24.5 Å². The molecule has 5 nitrogen and oxygen atoms in total. The molecule has 1 heterocycles. The summed E-state index contributed by atoms with van der Waals surface area (Å²) in [6.45, 7) is 5.78. The van der Waals surface area contributed by atoms with Crippen molar-refractivity contribution in [3.63, 3.8) is 0 Å². The SMILES string of the molecule is Cc1ccc(C(C)C)c(Oc2ccc(N(Cc3ccncc3)S(=O)(=O)CC(F)(F)F)cc2)c1. The number of hydrogen-bond acceptors (Lipinski definition) is 4. The fourth-order valence-corrected chi connectivity index (χ4v) is 4.66. The van der Waals surface area contributed by atoms with Gasteiger partial charge in [0.2, 0.25) is 10.0 Å². The molecule has 3 aromatic rings. The van der Waals surface area contributed by atoms with Crippen molar-refractivity contribution < 1.29 is 26.3 Å². The Hall–Kier alpha value is -3.07. The van der Waals surface area contributed by atoms with Crippen LogP contribution in [0.3, 0.4) is 0 Å². The van der Waals surface area contributed by atoms with Gasteiger partial charge < -0.3 is 4.74 Å². The Morgan fingerprint density at radius 1 is 1.00 bits per heavy atom. The minimum atomic E-state index is -4.86. The monoisotopic (exact) mass is 478 g/mol. The van der Waals surface area contributed by atoms with Crippen molar-refractivity contribution in [2.24, 2.45) is 0 Å². The largest absolute Gasteiger partial charge is 0.457 e. The van der Waals surface area contributed by atoms with Crippen molar-refractivity contribution >= 4 is 15.7 Å². The van der Waals surface area contributed by atoms with Gasteiger partial charge in [0, 0.05) is 12.4 Å². The molecule has 9 heteroatoms. The van der Waals surface area contributed by atoms with Crippen LogP contribution < -0.4 is 9.04 Å². The maximum Gasteiger partial charge on any atom is 0.404 e. The predicted molar refractivity (Wildman–Crippen MR) is 122 cm³/mol. The van der Waals surface area contributed by atoms with Gasteiger partial charge in [0.15, 0.2) is 5.75 Å². The van der Waals surface area contributed by atoms with Crippen molar-refractivity contribution in [3.8, 4) is 11.5 Å². The Morgan fingerprint density at radius 2 is 1.64 bits per heavy atom. The predicted octanol–water partition coefficient (Wildman–Crippen LogP) is 6.20. The summed E-state index contributed by atoms with van der Waals surface area (Å²) in [5, 5.41) is 0. The van der Waals surface area contributed by atoms with Crippen LogP contribution in [0.15, 0.2) is 67.0 Å². The third kappa shape index (κ3) is 6.71. The second-order valence-corrected chi connectivity index (χ2v) is 9.92. The second kappa shape index (κ2) is 9.82. The van der Waals surface area contributed by atoms with E-state index in [1.54, 1.807) is 24.3 Å². The van der Waals surface area contributed by atoms with E-state index in [4.69, 9.17) is 4.74 Å². The van der Waals surface area contributed by atoms with Gasteiger partial charge in [-0.1, -0.05) is 26.0 Å². The van der Waals surface area contributed by atoms with Gasteiger partial charge in [-0.2, -0.15) is 13.2 Å². The maximum absolute atomic E-state index is 13.0. The van der Waals surface area contributed by atoms with E-state index < -0.39 is 22.0 Å². The number of hydrogen-bond donors (Lipinski definition) is 0. The van der Waals surface area contributed by atoms with E-state index in [0.29, 0.717) is 17.1 Å². The van der Waals surface area contributed by atoms with Gasteiger partial charge in [0.25, 0.3) is 0 Å². The number of aromatic nitrogens is 1. The lowest BCUT2D eigenvalue weighted by Crippen LogP contribution is -2.37. The van der Waals surface area contributed by atoms with E-state index in [0.717, 1.165) is 15.4 Å². The van der Waals surface area contributed by atoms with Crippen LogP contribution in [-0.4, -0.2) is 25.3 Å². The van der Waals surface area contributed by atoms with Crippen LogP contribution in [0.4, 0.5) is 18.9 Å². The minimum absolute atomic E-state index is 0.108. The topological polar surface area (TPSA) is 59.5 Å². The van der Waals surface area contributed by atoms with Crippen LogP contribution in [-0.2, 0) is 16.6 Å². The van der Waals surface area contributed by atoms with Gasteiger partial charge in [0.1, 0.15) is 11.5 Å². The molecule has 33 heavy (non-hydrogen) atoms. The molecule has 0 fully saturated rings. The van der Waals surface area contributed by atoms with Crippen molar-refractivity contribution in [2.75, 3.05) is 10.1 Å². The summed E-state index contributed by atoms with van der Waals surface area (Å²) >= 11 is 0. The Bertz CT molecular complexity index is 1180. The fraction of sp³-hybridized carbons (Fsp3) is 0.292. The third-order valence-electron chi connectivity index (χ3n) is 4.90. The highest BCUT2D eigenvalue weighted by Gasteiger charge is 2.38. The molecule has 0 bridgehead atoms. The first-order valence-corrected chi connectivity index (χ1v) is 11.9. The van der Waals surface area contributed by atoms with Gasteiger partial charge >= 0.3 is 6.18 Å². The zero-order valence-electron chi connectivity index (χ0n) is 18.5. The van der Waals surface area contributed by atoms with Crippen molar-refractivity contribution in [3.05, 3.63) is 83.7 Å². The van der Waals surface area contributed by atoms with Crippen LogP contribution in [0, 0.1) is 6.92 Å². The number of benzene rings is 2. The summed E-state index contributed by atoms with van der Waals surface area (Å²) in [7, 11) is -4.68. The number of nitrogens with zero attached hydrogens (tertiary/aromatic N) is 2. The highest BCUT2D eigenvalue weighted by molar-refractivity contribution is 7.92. The van der Waals surface area contributed by atoms with Gasteiger partial charge in [-0.25, -0.2) is 8.42 Å². The van der Waals surface area contributed by atoms with E-state index in [2.05, 4.69) is 4.98 Å². The number of sulfonamides is 1. The van der Waals surface area contributed by atoms with Crippen LogP contribution >= 0.6 is 0 Å². The van der Waals surface area contributed by atoms with Gasteiger partial charge in [-0.15, -0.1) is 0 Å². The zero-order chi connectivity index (χ0) is 24.2. The maximum atomic E-state index is 13.0. The molecular weight excluding hydrogens is 453 g/mol. The molecule has 3 rings (SSSR count). The number of halogens is 3. The van der Waals surface area contributed by atoms with Crippen LogP contribution in [0.5, 0.6) is 11.5 Å². The number of aryl methyl sites for hydroxylation is 1. The molecule has 0 aliphatic carbocycles. The summed E-state index contributed by atoms with van der Waals surface area (Å²) in [6, 6.07) is 15.0. The Balaban J connectivity index is 1.92. The summed E-state index contributed by atoms with van der Waals surface area (Å²) in [5.41, 5.74) is 2.65. The first-order valence-electron chi connectivity index (χ1n) is 10.3. The quantitative estimate of drug-likeness (QED) is 0.387. The molecule has 2 aromatic carbocycles. The lowest BCUT2D eigenvalue weighted by atomic mass is 10.0. The summed E-state index contributed by atoms with van der Waals surface area (Å²) in [5.74, 6) is -0.604. The lowest BCUT2D eigenvalue weighted by Gasteiger charge is -2.25. The molecule has 0 saturated heterocycles. The highest BCUT2D eigenvalue weighted by atomic mass is 32.2. The van der Waals surface area contributed by atoms with E-state index in [9.17, 15) is 21.6 Å². The molecule has 0 radical (unpaired) electrons. The van der Waals surface area contributed by atoms with E-state index in [1.807, 2.05) is 39.0 Å². The molecule has 0 amide bonds. The summed E-state index contributed by atoms with van der Waals surface area (Å²) in [4.78, 5) is 3.86. The fourth-order valence-electron chi connectivity index (χ4n) is 3.30. The molecule has 0 aliphatic rings. The van der Waals surface area contributed by atoms with E-state index >= 15 is 0 Å². The first kappa shape index (κ1) is 24.6. The van der Waals surface area contributed by atoms with Gasteiger partial charge in [-0.3, -0.25) is 9.29 Å². The molecule has 0 atom stereocenters. The van der Waals surface area contributed by atoms with Crippen LogP contribution in [0.2, 0.25) is 0 Å². The number of rotatable bonds is 8. The Labute approximate surface area is 191 Å². The average Bonchev–Trinajstić information content (AvgIpc) is 2.71. The lowest BCUT2D eigenvalue weighted by molar-refractivity contribution is -0.106. The average molecular weight is 479 g/mol. The molecule has 0 unspecified atom stereocenters. The summed E-state index contributed by atoms with van der Waals surface area (Å²) in [6.07, 6.45) is -1.96. The van der Waals surface area contributed by atoms with Gasteiger partial charge in [0.05, 0.1) is 12.2 Å². The van der Waals surface area contributed by atoms with E-state index in [-0.39, 0.29) is 18.2 Å². The molecule has 0 spiro atoms. The smallest absolute Gasteiger partial charge is 0.404 e. The van der Waals surface area contributed by atoms with Gasteiger partial charge in [-0.05, 0) is 72.0 Å². The standard InChI is InChI=1S/C24H25F3N2O3S/c1-17(2)22-9-4-18(3)14-23(22)32-21-7-5-20(6-8-21)29(15-19-10-12-28-13-11-19)33(30,31)16-24(25,26)27/h4-14,17H,15-16H2,1-3H3. The Kier molecular flexibility index (Phi) is 7.31. The van der Waals surface area contributed by atoms with Crippen molar-refractivity contribution in [1.82, 2.24) is 4.98 Å². The minimum Gasteiger partial charge on any atom is -0.457 e. The van der Waals surface area contributed by atoms with Crippen molar-refractivity contribution in [2.45, 2.75) is 39.4 Å². The molecule has 0 aliphatic heterocycles. The number of alkyl halides is 3. The zero-order valence-corrected chi connectivity index (χ0v) is 19.3. The van der Waals surface area contributed by atoms with Crippen LogP contribution in [0.25, 0.3) is 0 Å². The molecule has 1 aromatic heterocycles. The number of ether oxygens (including phenoxy) is 1. The van der Waals surface area contributed by atoms with Crippen molar-refractivity contribution in [1.29, 1.82) is 0 Å². The number of pyridine rings is 1. The van der Waals surface area contributed by atoms with Crippen LogP contribution in [0.1, 0.15) is 36.5 Å².